The second-order valence-electron chi connectivity index (χ2n) is 7.64. The van der Waals surface area contributed by atoms with Gasteiger partial charge in [0.15, 0.2) is 0 Å². The molecule has 0 aromatic heterocycles. The zero-order valence-electron chi connectivity index (χ0n) is 14.4. The summed E-state index contributed by atoms with van der Waals surface area (Å²) in [5, 5.41) is 0. The van der Waals surface area contributed by atoms with Gasteiger partial charge in [-0.3, -0.25) is 4.79 Å². The third kappa shape index (κ3) is 2.97. The van der Waals surface area contributed by atoms with Crippen LogP contribution in [0.5, 0.6) is 5.75 Å². The fourth-order valence-electron chi connectivity index (χ4n) is 4.46. The van der Waals surface area contributed by atoms with Gasteiger partial charge in [0.1, 0.15) is 11.9 Å². The highest BCUT2D eigenvalue weighted by molar-refractivity contribution is 5.78. The number of carbonyl (C=O) groups excluding carboxylic acids is 1. The Morgan fingerprint density at radius 3 is 2.74 bits per heavy atom. The van der Waals surface area contributed by atoms with Gasteiger partial charge in [0.2, 0.25) is 5.91 Å². The number of carbonyl (C=O) groups is 1. The van der Waals surface area contributed by atoms with E-state index in [1.807, 2.05) is 18.2 Å². The molecule has 3 atom stereocenters. The maximum absolute atomic E-state index is 12.3. The number of ether oxygens (including phenoxy) is 1. The van der Waals surface area contributed by atoms with E-state index in [0.717, 1.165) is 38.0 Å². The van der Waals surface area contributed by atoms with Crippen LogP contribution < -0.4 is 10.5 Å². The first-order valence-electron chi connectivity index (χ1n) is 8.65. The second kappa shape index (κ2) is 6.16. The molecule has 1 aromatic carbocycles. The molecule has 1 saturated heterocycles. The van der Waals surface area contributed by atoms with Crippen LogP contribution >= 0.6 is 0 Å². The molecule has 0 aliphatic carbocycles. The van der Waals surface area contributed by atoms with E-state index in [4.69, 9.17) is 10.5 Å². The van der Waals surface area contributed by atoms with Crippen molar-refractivity contribution in [2.45, 2.75) is 51.7 Å². The number of aryl methyl sites for hydroxylation is 1. The molecule has 0 saturated carbocycles. The van der Waals surface area contributed by atoms with Crippen LogP contribution in [-0.4, -0.2) is 36.5 Å². The Balaban J connectivity index is 1.85. The van der Waals surface area contributed by atoms with E-state index in [1.54, 1.807) is 0 Å². The number of nitrogens with zero attached hydrogens (tertiary/aromatic N) is 1. The number of rotatable bonds is 4. The molecule has 3 rings (SSSR count). The molecule has 23 heavy (non-hydrogen) atoms. The van der Waals surface area contributed by atoms with Gasteiger partial charge in [-0.1, -0.05) is 32.0 Å². The largest absolute Gasteiger partial charge is 0.490 e. The number of hydrogen-bond acceptors (Lipinski definition) is 3. The molecular weight excluding hydrogens is 288 g/mol. The van der Waals surface area contributed by atoms with Crippen LogP contribution in [0.15, 0.2) is 24.3 Å². The first-order valence-corrected chi connectivity index (χ1v) is 8.65. The first kappa shape index (κ1) is 16.3. The Hall–Kier alpha value is -1.55. The number of amides is 1. The van der Waals surface area contributed by atoms with Crippen molar-refractivity contribution in [1.29, 1.82) is 0 Å². The normalized spacial score (nSPS) is 26.4. The molecule has 1 fully saturated rings. The number of para-hydroxylation sites is 1. The van der Waals surface area contributed by atoms with Gasteiger partial charge in [0.25, 0.3) is 0 Å². The third-order valence-corrected chi connectivity index (χ3v) is 5.82. The highest BCUT2D eigenvalue weighted by Gasteiger charge is 2.48. The number of nitrogens with two attached hydrogens (primary N) is 1. The van der Waals surface area contributed by atoms with E-state index in [-0.39, 0.29) is 29.4 Å². The topological polar surface area (TPSA) is 55.6 Å². The van der Waals surface area contributed by atoms with Crippen molar-refractivity contribution >= 4 is 5.91 Å². The van der Waals surface area contributed by atoms with Crippen molar-refractivity contribution < 1.29 is 9.53 Å². The molecule has 1 unspecified atom stereocenters. The van der Waals surface area contributed by atoms with E-state index in [9.17, 15) is 4.79 Å². The number of benzene rings is 1. The summed E-state index contributed by atoms with van der Waals surface area (Å²) in [5.41, 5.74) is 6.81. The second-order valence-corrected chi connectivity index (χ2v) is 7.64. The molecule has 2 heterocycles. The smallest absolute Gasteiger partial charge is 0.222 e. The summed E-state index contributed by atoms with van der Waals surface area (Å²) in [5.74, 6) is 0.571. The van der Waals surface area contributed by atoms with Crippen molar-refractivity contribution in [2.75, 3.05) is 13.6 Å². The predicted octanol–water partition coefficient (Wildman–Crippen LogP) is 2.60. The van der Waals surface area contributed by atoms with Crippen molar-refractivity contribution in [2.24, 2.45) is 17.1 Å². The van der Waals surface area contributed by atoms with Crippen LogP contribution in [0, 0.1) is 11.3 Å². The minimum Gasteiger partial charge on any atom is -0.490 e. The molecule has 4 nitrogen and oxygen atoms in total. The van der Waals surface area contributed by atoms with Gasteiger partial charge in [-0.25, -0.2) is 0 Å². The van der Waals surface area contributed by atoms with E-state index < -0.39 is 0 Å². The lowest BCUT2D eigenvalue weighted by atomic mass is 9.68. The lowest BCUT2D eigenvalue weighted by Crippen LogP contribution is -2.54. The van der Waals surface area contributed by atoms with Crippen LogP contribution in [0.4, 0.5) is 0 Å². The summed E-state index contributed by atoms with van der Waals surface area (Å²) < 4.78 is 6.30. The van der Waals surface area contributed by atoms with Gasteiger partial charge in [-0.15, -0.1) is 0 Å². The Bertz CT molecular complexity index is 584. The Labute approximate surface area is 139 Å². The zero-order chi connectivity index (χ0) is 16.6. The lowest BCUT2D eigenvalue weighted by Gasteiger charge is -2.45. The van der Waals surface area contributed by atoms with Crippen LogP contribution in [-0.2, 0) is 11.2 Å². The van der Waals surface area contributed by atoms with Crippen molar-refractivity contribution in [1.82, 2.24) is 4.90 Å². The maximum atomic E-state index is 12.3. The standard InChI is InChI=1S/C19H28N2O2/c1-19(2,17(18(20)22)14-8-6-12-21(14)3)16-11-10-13-7-4-5-9-15(13)23-16/h4-5,7,9,14,16-17H,6,8,10-12H2,1-3H3,(H2,20,22)/t14-,16-,17?/m1/s1. The molecule has 0 bridgehead atoms. The lowest BCUT2D eigenvalue weighted by molar-refractivity contribution is -0.132. The minimum absolute atomic E-state index is 0.0175. The van der Waals surface area contributed by atoms with Gasteiger partial charge in [0, 0.05) is 11.5 Å². The van der Waals surface area contributed by atoms with Gasteiger partial charge >= 0.3 is 0 Å². The molecule has 2 aliphatic heterocycles. The Morgan fingerprint density at radius 2 is 2.09 bits per heavy atom. The molecule has 0 spiro atoms. The van der Waals surface area contributed by atoms with E-state index in [0.29, 0.717) is 0 Å². The predicted molar refractivity (Wildman–Crippen MR) is 91.3 cm³/mol. The summed E-state index contributed by atoms with van der Waals surface area (Å²) in [7, 11) is 2.10. The quantitative estimate of drug-likeness (QED) is 0.929. The van der Waals surface area contributed by atoms with Gasteiger partial charge in [-0.05, 0) is 50.9 Å². The fraction of sp³-hybridized carbons (Fsp3) is 0.632. The third-order valence-electron chi connectivity index (χ3n) is 5.82. The van der Waals surface area contributed by atoms with Crippen LogP contribution in [0.25, 0.3) is 0 Å². The molecule has 2 N–H and O–H groups in total. The van der Waals surface area contributed by atoms with Crippen LogP contribution in [0.2, 0.25) is 0 Å². The zero-order valence-corrected chi connectivity index (χ0v) is 14.4. The average molecular weight is 316 g/mol. The molecular formula is C19H28N2O2. The summed E-state index contributed by atoms with van der Waals surface area (Å²) in [4.78, 5) is 14.6. The number of fused-ring (bicyclic) bond motifs is 1. The molecule has 1 aromatic rings. The monoisotopic (exact) mass is 316 g/mol. The summed E-state index contributed by atoms with van der Waals surface area (Å²) in [6.07, 6.45) is 4.12. The van der Waals surface area contributed by atoms with Gasteiger partial charge < -0.3 is 15.4 Å². The molecule has 126 valence electrons. The average Bonchev–Trinajstić information content (AvgIpc) is 2.92. The van der Waals surface area contributed by atoms with Gasteiger partial charge in [-0.2, -0.15) is 0 Å². The van der Waals surface area contributed by atoms with E-state index in [1.165, 1.54) is 5.56 Å². The van der Waals surface area contributed by atoms with Crippen molar-refractivity contribution in [3.05, 3.63) is 29.8 Å². The highest BCUT2D eigenvalue weighted by Crippen LogP contribution is 2.43. The number of likely N-dealkylation sites (tertiary alicyclic amines) is 1. The van der Waals surface area contributed by atoms with E-state index >= 15 is 0 Å². The van der Waals surface area contributed by atoms with Crippen molar-refractivity contribution in [3.63, 3.8) is 0 Å². The number of hydrogen-bond donors (Lipinski definition) is 1. The van der Waals surface area contributed by atoms with Crippen LogP contribution in [0.1, 0.15) is 38.7 Å². The highest BCUT2D eigenvalue weighted by atomic mass is 16.5. The minimum atomic E-state index is -0.289. The van der Waals surface area contributed by atoms with Gasteiger partial charge in [0.05, 0.1) is 5.92 Å². The summed E-state index contributed by atoms with van der Waals surface area (Å²) in [6.45, 7) is 5.33. The van der Waals surface area contributed by atoms with Crippen molar-refractivity contribution in [3.8, 4) is 5.75 Å². The fourth-order valence-corrected chi connectivity index (χ4v) is 4.46. The van der Waals surface area contributed by atoms with Crippen LogP contribution in [0.3, 0.4) is 0 Å². The first-order chi connectivity index (χ1) is 10.9. The summed E-state index contributed by atoms with van der Waals surface area (Å²) >= 11 is 0. The number of primary amides is 1. The Kier molecular flexibility index (Phi) is 4.37. The SMILES string of the molecule is CN1CCC[C@@H]1C(C(N)=O)C(C)(C)[C@H]1CCc2ccccc2O1. The molecule has 2 aliphatic rings. The molecule has 0 radical (unpaired) electrons. The molecule has 1 amide bonds. The van der Waals surface area contributed by atoms with E-state index in [2.05, 4.69) is 31.9 Å². The molecule has 4 heteroatoms. The summed E-state index contributed by atoms with van der Waals surface area (Å²) in [6, 6.07) is 8.42. The maximum Gasteiger partial charge on any atom is 0.222 e. The Morgan fingerprint density at radius 1 is 1.35 bits per heavy atom.